The summed E-state index contributed by atoms with van der Waals surface area (Å²) >= 11 is 5.98. The number of imide groups is 2. The SMILES string of the molecule is COc1ccc(C=C2C(=O)NC(=O)NC2=O)c(OCc2cccc(Cl)c2)c1. The average Bonchev–Trinajstić information content (AvgIpc) is 2.63. The first kappa shape index (κ1) is 18.5. The summed E-state index contributed by atoms with van der Waals surface area (Å²) < 4.78 is 11.0. The second-order valence-corrected chi connectivity index (χ2v) is 6.05. The van der Waals surface area contributed by atoms with Crippen LogP contribution in [0, 0.1) is 0 Å². The van der Waals surface area contributed by atoms with Crippen molar-refractivity contribution in [3.8, 4) is 11.5 Å². The molecule has 1 aliphatic rings. The molecule has 1 heterocycles. The highest BCUT2D eigenvalue weighted by atomic mass is 35.5. The molecule has 8 heteroatoms. The van der Waals surface area contributed by atoms with Crippen molar-refractivity contribution in [2.45, 2.75) is 6.61 Å². The van der Waals surface area contributed by atoms with Gasteiger partial charge in [-0.25, -0.2) is 4.79 Å². The lowest BCUT2D eigenvalue weighted by Gasteiger charge is -2.15. The summed E-state index contributed by atoms with van der Waals surface area (Å²) in [6, 6.07) is 11.3. The molecule has 1 aliphatic heterocycles. The zero-order valence-corrected chi connectivity index (χ0v) is 15.0. The van der Waals surface area contributed by atoms with E-state index in [9.17, 15) is 14.4 Å². The smallest absolute Gasteiger partial charge is 0.328 e. The highest BCUT2D eigenvalue weighted by Crippen LogP contribution is 2.28. The second-order valence-electron chi connectivity index (χ2n) is 5.62. The Morgan fingerprint density at radius 3 is 2.44 bits per heavy atom. The first-order valence-corrected chi connectivity index (χ1v) is 8.27. The van der Waals surface area contributed by atoms with Crippen LogP contribution >= 0.6 is 11.6 Å². The molecule has 0 spiro atoms. The number of barbiturate groups is 1. The summed E-state index contributed by atoms with van der Waals surface area (Å²) in [7, 11) is 1.52. The van der Waals surface area contributed by atoms with Gasteiger partial charge < -0.3 is 9.47 Å². The maximum absolute atomic E-state index is 11.9. The van der Waals surface area contributed by atoms with E-state index in [2.05, 4.69) is 0 Å². The fraction of sp³-hybridized carbons (Fsp3) is 0.105. The number of carbonyl (C=O) groups excluding carboxylic acids is 3. The van der Waals surface area contributed by atoms with E-state index < -0.39 is 17.8 Å². The number of rotatable bonds is 5. The number of halogens is 1. The third kappa shape index (κ3) is 4.45. The Morgan fingerprint density at radius 2 is 1.78 bits per heavy atom. The topological polar surface area (TPSA) is 93.7 Å². The predicted molar refractivity (Wildman–Crippen MR) is 98.4 cm³/mol. The Bertz CT molecular complexity index is 933. The predicted octanol–water partition coefficient (Wildman–Crippen LogP) is 2.68. The quantitative estimate of drug-likeness (QED) is 0.608. The fourth-order valence-corrected chi connectivity index (χ4v) is 2.65. The van der Waals surface area contributed by atoms with E-state index in [4.69, 9.17) is 21.1 Å². The number of benzene rings is 2. The van der Waals surface area contributed by atoms with Gasteiger partial charge in [-0.05, 0) is 35.9 Å². The maximum atomic E-state index is 11.9. The van der Waals surface area contributed by atoms with Gasteiger partial charge in [0.05, 0.1) is 7.11 Å². The molecule has 1 saturated heterocycles. The molecule has 1 fully saturated rings. The molecular formula is C19H15ClN2O5. The molecule has 0 saturated carbocycles. The number of carbonyl (C=O) groups is 3. The lowest BCUT2D eigenvalue weighted by molar-refractivity contribution is -0.123. The van der Waals surface area contributed by atoms with Gasteiger partial charge in [0.1, 0.15) is 23.7 Å². The standard InChI is InChI=1S/C19H15ClN2O5/c1-26-14-6-5-12(8-15-17(23)21-19(25)22-18(15)24)16(9-14)27-10-11-3-2-4-13(20)7-11/h2-9H,10H2,1H3,(H2,21,22,23,24,25). The summed E-state index contributed by atoms with van der Waals surface area (Å²) in [5.41, 5.74) is 1.13. The number of hydrogen-bond donors (Lipinski definition) is 2. The van der Waals surface area contributed by atoms with E-state index in [0.29, 0.717) is 22.1 Å². The van der Waals surface area contributed by atoms with Gasteiger partial charge in [-0.2, -0.15) is 0 Å². The minimum Gasteiger partial charge on any atom is -0.497 e. The Labute approximate surface area is 159 Å². The minimum absolute atomic E-state index is 0.202. The van der Waals surface area contributed by atoms with Crippen molar-refractivity contribution in [3.05, 3.63) is 64.2 Å². The highest BCUT2D eigenvalue weighted by molar-refractivity contribution is 6.31. The van der Waals surface area contributed by atoms with Crippen molar-refractivity contribution in [3.63, 3.8) is 0 Å². The van der Waals surface area contributed by atoms with Gasteiger partial charge in [0.25, 0.3) is 11.8 Å². The molecule has 3 rings (SSSR count). The summed E-state index contributed by atoms with van der Waals surface area (Å²) in [5, 5.41) is 4.64. The maximum Gasteiger partial charge on any atom is 0.328 e. The van der Waals surface area contributed by atoms with Crippen LogP contribution < -0.4 is 20.1 Å². The lowest BCUT2D eigenvalue weighted by atomic mass is 10.1. The largest absolute Gasteiger partial charge is 0.497 e. The van der Waals surface area contributed by atoms with Crippen LogP contribution in [0.5, 0.6) is 11.5 Å². The Kier molecular flexibility index (Phi) is 5.42. The zero-order valence-electron chi connectivity index (χ0n) is 14.2. The average molecular weight is 387 g/mol. The molecule has 2 aromatic rings. The van der Waals surface area contributed by atoms with E-state index in [0.717, 1.165) is 5.56 Å². The summed E-state index contributed by atoms with van der Waals surface area (Å²) in [4.78, 5) is 35.0. The molecule has 0 radical (unpaired) electrons. The van der Waals surface area contributed by atoms with Crippen molar-refractivity contribution < 1.29 is 23.9 Å². The van der Waals surface area contributed by atoms with Gasteiger partial charge in [0.15, 0.2) is 0 Å². The number of amides is 4. The lowest BCUT2D eigenvalue weighted by Crippen LogP contribution is -2.51. The van der Waals surface area contributed by atoms with E-state index in [1.54, 1.807) is 30.3 Å². The Morgan fingerprint density at radius 1 is 1.04 bits per heavy atom. The normalized spacial score (nSPS) is 13.7. The molecule has 0 unspecified atom stereocenters. The van der Waals surface area contributed by atoms with E-state index >= 15 is 0 Å². The van der Waals surface area contributed by atoms with E-state index in [-0.39, 0.29) is 12.2 Å². The summed E-state index contributed by atoms with van der Waals surface area (Å²) in [6.45, 7) is 0.223. The molecule has 2 aromatic carbocycles. The van der Waals surface area contributed by atoms with Gasteiger partial charge >= 0.3 is 6.03 Å². The fourth-order valence-electron chi connectivity index (χ4n) is 2.44. The van der Waals surface area contributed by atoms with Crippen LogP contribution in [0.2, 0.25) is 5.02 Å². The number of ether oxygens (including phenoxy) is 2. The number of nitrogens with one attached hydrogen (secondary N) is 2. The molecule has 2 N–H and O–H groups in total. The van der Waals surface area contributed by atoms with Gasteiger partial charge in [-0.3, -0.25) is 20.2 Å². The Hall–Kier alpha value is -3.32. The van der Waals surface area contributed by atoms with Crippen LogP contribution in [0.15, 0.2) is 48.0 Å². The first-order valence-electron chi connectivity index (χ1n) is 7.90. The van der Waals surface area contributed by atoms with Crippen LogP contribution in [-0.2, 0) is 16.2 Å². The minimum atomic E-state index is -0.852. The number of methoxy groups -OCH3 is 1. The third-order valence-corrected chi connectivity index (χ3v) is 3.98. The van der Waals surface area contributed by atoms with Crippen LogP contribution in [0.1, 0.15) is 11.1 Å². The molecule has 7 nitrogen and oxygen atoms in total. The molecule has 27 heavy (non-hydrogen) atoms. The molecular weight excluding hydrogens is 372 g/mol. The van der Waals surface area contributed by atoms with Crippen molar-refractivity contribution in [1.29, 1.82) is 0 Å². The number of urea groups is 1. The third-order valence-electron chi connectivity index (χ3n) is 3.75. The zero-order chi connectivity index (χ0) is 19.4. The molecule has 4 amide bonds. The molecule has 0 bridgehead atoms. The van der Waals surface area contributed by atoms with Gasteiger partial charge in [-0.1, -0.05) is 23.7 Å². The number of hydrogen-bond acceptors (Lipinski definition) is 5. The van der Waals surface area contributed by atoms with Crippen LogP contribution in [0.3, 0.4) is 0 Å². The first-order chi connectivity index (χ1) is 13.0. The molecule has 0 atom stereocenters. The summed E-state index contributed by atoms with van der Waals surface area (Å²) in [6.07, 6.45) is 1.35. The van der Waals surface area contributed by atoms with Crippen LogP contribution in [0.4, 0.5) is 4.79 Å². The van der Waals surface area contributed by atoms with Crippen molar-refractivity contribution in [2.75, 3.05) is 7.11 Å². The van der Waals surface area contributed by atoms with Crippen LogP contribution in [-0.4, -0.2) is 25.0 Å². The summed E-state index contributed by atoms with van der Waals surface area (Å²) in [5.74, 6) is -0.606. The second kappa shape index (κ2) is 7.92. The van der Waals surface area contributed by atoms with E-state index in [1.165, 1.54) is 13.2 Å². The monoisotopic (exact) mass is 386 g/mol. The molecule has 138 valence electrons. The Balaban J connectivity index is 1.91. The van der Waals surface area contributed by atoms with Crippen LogP contribution in [0.25, 0.3) is 6.08 Å². The highest BCUT2D eigenvalue weighted by Gasteiger charge is 2.28. The van der Waals surface area contributed by atoms with E-state index in [1.807, 2.05) is 22.8 Å². The van der Waals surface area contributed by atoms with Gasteiger partial charge in [0, 0.05) is 16.7 Å². The van der Waals surface area contributed by atoms with Gasteiger partial charge in [0.2, 0.25) is 0 Å². The van der Waals surface area contributed by atoms with Gasteiger partial charge in [-0.15, -0.1) is 0 Å². The molecule has 0 aromatic heterocycles. The van der Waals surface area contributed by atoms with Crippen molar-refractivity contribution in [1.82, 2.24) is 10.6 Å². The molecule has 0 aliphatic carbocycles. The van der Waals surface area contributed by atoms with Crippen molar-refractivity contribution >= 4 is 35.5 Å². The van der Waals surface area contributed by atoms with Crippen molar-refractivity contribution in [2.24, 2.45) is 0 Å².